The third-order valence-electron chi connectivity index (χ3n) is 5.56. The number of para-hydroxylation sites is 1. The van der Waals surface area contributed by atoms with Gasteiger partial charge in [-0.2, -0.15) is 4.98 Å². The van der Waals surface area contributed by atoms with E-state index >= 15 is 0 Å². The van der Waals surface area contributed by atoms with Gasteiger partial charge in [-0.25, -0.2) is 13.4 Å². The van der Waals surface area contributed by atoms with E-state index in [1.807, 2.05) is 25.5 Å². The fourth-order valence-corrected chi connectivity index (χ4v) is 5.67. The second-order valence-corrected chi connectivity index (χ2v) is 12.5. The molecule has 2 heterocycles. The van der Waals surface area contributed by atoms with Crippen molar-refractivity contribution in [2.45, 2.75) is 24.0 Å². The molecule has 0 aliphatic heterocycles. The molecule has 0 aliphatic carbocycles. The lowest BCUT2D eigenvalue weighted by Gasteiger charge is -2.16. The summed E-state index contributed by atoms with van der Waals surface area (Å²) in [5.74, 6) is 1.13. The maximum atomic E-state index is 13.0. The van der Waals surface area contributed by atoms with Crippen LogP contribution < -0.4 is 20.7 Å². The number of fused-ring (bicyclic) bond motifs is 1. The summed E-state index contributed by atoms with van der Waals surface area (Å²) >= 11 is 1.45. The monoisotopic (exact) mass is 554 g/mol. The summed E-state index contributed by atoms with van der Waals surface area (Å²) in [5.41, 5.74) is 2.26. The molecule has 3 N–H and O–H groups in total. The molecule has 200 valence electrons. The lowest BCUT2D eigenvalue weighted by atomic mass is 10.2. The largest absolute Gasteiger partial charge is 0.495 e. The SMILES string of the molecule is COc1ccc(NC(=O)CN(C)C)cc1Nc1nc(Nc2ccccc2S(=O)(=O)C(C)C)c2sccc2n1. The minimum Gasteiger partial charge on any atom is -0.495 e. The molecule has 0 saturated carbocycles. The molecule has 4 rings (SSSR count). The van der Waals surface area contributed by atoms with Crippen LogP contribution in [0.3, 0.4) is 0 Å². The van der Waals surface area contributed by atoms with Crippen molar-refractivity contribution >= 4 is 66.1 Å². The van der Waals surface area contributed by atoms with E-state index in [0.29, 0.717) is 34.1 Å². The number of amides is 1. The van der Waals surface area contributed by atoms with Crippen molar-refractivity contribution in [3.8, 4) is 5.75 Å². The van der Waals surface area contributed by atoms with Gasteiger partial charge in [0.05, 0.1) is 45.4 Å². The zero-order chi connectivity index (χ0) is 27.4. The third kappa shape index (κ3) is 6.04. The highest BCUT2D eigenvalue weighted by Crippen LogP contribution is 2.35. The predicted octanol–water partition coefficient (Wildman–Crippen LogP) is 4.87. The third-order valence-corrected chi connectivity index (χ3v) is 8.68. The van der Waals surface area contributed by atoms with Crippen LogP contribution in [0.25, 0.3) is 10.2 Å². The first-order valence-electron chi connectivity index (χ1n) is 11.8. The number of benzene rings is 2. The number of nitrogens with zero attached hydrogens (tertiary/aromatic N) is 3. The van der Waals surface area contributed by atoms with Crippen molar-refractivity contribution < 1.29 is 17.9 Å². The number of nitrogens with one attached hydrogen (secondary N) is 3. The Morgan fingerprint density at radius 2 is 1.82 bits per heavy atom. The quantitative estimate of drug-likeness (QED) is 0.252. The number of carbonyl (C=O) groups is 1. The summed E-state index contributed by atoms with van der Waals surface area (Å²) in [7, 11) is 1.66. The molecular formula is C26H30N6O4S2. The van der Waals surface area contributed by atoms with Crippen LogP contribution in [0.15, 0.2) is 58.8 Å². The molecule has 1 amide bonds. The van der Waals surface area contributed by atoms with Gasteiger partial charge in [0, 0.05) is 5.69 Å². The van der Waals surface area contributed by atoms with Crippen LogP contribution >= 0.6 is 11.3 Å². The van der Waals surface area contributed by atoms with Crippen LogP contribution in [0.5, 0.6) is 5.75 Å². The highest BCUT2D eigenvalue weighted by atomic mass is 32.2. The van der Waals surface area contributed by atoms with Gasteiger partial charge < -0.3 is 25.6 Å². The van der Waals surface area contributed by atoms with Crippen LogP contribution in [-0.4, -0.2) is 62.2 Å². The van der Waals surface area contributed by atoms with E-state index in [-0.39, 0.29) is 23.3 Å². The minimum absolute atomic E-state index is 0.149. The number of sulfone groups is 1. The number of aromatic nitrogens is 2. The van der Waals surface area contributed by atoms with Crippen LogP contribution in [0.2, 0.25) is 0 Å². The molecule has 12 heteroatoms. The van der Waals surface area contributed by atoms with Gasteiger partial charge >= 0.3 is 0 Å². The van der Waals surface area contributed by atoms with Gasteiger partial charge in [-0.15, -0.1) is 11.3 Å². The summed E-state index contributed by atoms with van der Waals surface area (Å²) in [5, 5.41) is 10.6. The first kappa shape index (κ1) is 27.3. The summed E-state index contributed by atoms with van der Waals surface area (Å²) in [6, 6.07) is 13.9. The zero-order valence-corrected chi connectivity index (χ0v) is 23.4. The predicted molar refractivity (Wildman–Crippen MR) is 153 cm³/mol. The molecule has 0 unspecified atom stereocenters. The molecule has 0 fully saturated rings. The molecule has 4 aromatic rings. The van der Waals surface area contributed by atoms with Crippen LogP contribution in [0.1, 0.15) is 13.8 Å². The maximum absolute atomic E-state index is 13.0. The number of hydrogen-bond donors (Lipinski definition) is 3. The Morgan fingerprint density at radius 3 is 2.53 bits per heavy atom. The molecular weight excluding hydrogens is 524 g/mol. The second-order valence-electron chi connectivity index (χ2n) is 9.07. The fraction of sp³-hybridized carbons (Fsp3) is 0.269. The van der Waals surface area contributed by atoms with Gasteiger partial charge in [0.25, 0.3) is 0 Å². The van der Waals surface area contributed by atoms with E-state index in [4.69, 9.17) is 4.74 Å². The van der Waals surface area contributed by atoms with Gasteiger partial charge in [0.2, 0.25) is 11.9 Å². The van der Waals surface area contributed by atoms with Crippen molar-refractivity contribution in [2.24, 2.45) is 0 Å². The van der Waals surface area contributed by atoms with Crippen LogP contribution in [0, 0.1) is 0 Å². The van der Waals surface area contributed by atoms with Gasteiger partial charge in [0.15, 0.2) is 15.7 Å². The van der Waals surface area contributed by atoms with Crippen molar-refractivity contribution in [2.75, 3.05) is 43.7 Å². The number of thiophene rings is 1. The molecule has 0 spiro atoms. The van der Waals surface area contributed by atoms with E-state index in [1.165, 1.54) is 11.3 Å². The average Bonchev–Trinajstić information content (AvgIpc) is 3.33. The van der Waals surface area contributed by atoms with Crippen molar-refractivity contribution in [3.05, 3.63) is 53.9 Å². The molecule has 0 aliphatic rings. The van der Waals surface area contributed by atoms with E-state index in [9.17, 15) is 13.2 Å². The molecule has 2 aromatic heterocycles. The standard InChI is InChI=1S/C26H30N6O4S2/c1-16(2)38(34,35)22-9-7-6-8-18(22)28-25-24-19(12-13-37-24)29-26(31-25)30-20-14-17(10-11-21(20)36-5)27-23(33)15-32(3)4/h6-14,16H,15H2,1-5H3,(H,27,33)(H2,28,29,30,31). The number of rotatable bonds is 10. The summed E-state index contributed by atoms with van der Waals surface area (Å²) in [4.78, 5) is 23.5. The Hall–Kier alpha value is -3.74. The Bertz CT molecular complexity index is 1570. The smallest absolute Gasteiger partial charge is 0.238 e. The molecule has 0 saturated heterocycles. The highest BCUT2D eigenvalue weighted by molar-refractivity contribution is 7.92. The first-order chi connectivity index (χ1) is 18.1. The summed E-state index contributed by atoms with van der Waals surface area (Å²) in [6.45, 7) is 3.55. The molecule has 38 heavy (non-hydrogen) atoms. The molecule has 10 nitrogen and oxygen atoms in total. The molecule has 0 radical (unpaired) electrons. The molecule has 0 bridgehead atoms. The van der Waals surface area contributed by atoms with Gasteiger partial charge in [0.1, 0.15) is 5.75 Å². The van der Waals surface area contributed by atoms with Crippen molar-refractivity contribution in [3.63, 3.8) is 0 Å². The summed E-state index contributed by atoms with van der Waals surface area (Å²) < 4.78 is 32.2. The second kappa shape index (κ2) is 11.3. The lowest BCUT2D eigenvalue weighted by Crippen LogP contribution is -2.27. The fourth-order valence-electron chi connectivity index (χ4n) is 3.70. The maximum Gasteiger partial charge on any atom is 0.238 e. The van der Waals surface area contributed by atoms with E-state index in [2.05, 4.69) is 25.9 Å². The average molecular weight is 555 g/mol. The Balaban J connectivity index is 1.70. The van der Waals surface area contributed by atoms with Crippen LogP contribution in [0.4, 0.5) is 28.8 Å². The Labute approximate surface area is 226 Å². The highest BCUT2D eigenvalue weighted by Gasteiger charge is 2.23. The molecule has 0 atom stereocenters. The van der Waals surface area contributed by atoms with E-state index < -0.39 is 15.1 Å². The summed E-state index contributed by atoms with van der Waals surface area (Å²) in [6.07, 6.45) is 0. The Kier molecular flexibility index (Phi) is 8.14. The van der Waals surface area contributed by atoms with Gasteiger partial charge in [-0.3, -0.25) is 4.79 Å². The number of carbonyl (C=O) groups excluding carboxylic acids is 1. The van der Waals surface area contributed by atoms with E-state index in [0.717, 1.165) is 4.70 Å². The van der Waals surface area contributed by atoms with Gasteiger partial charge in [-0.1, -0.05) is 12.1 Å². The van der Waals surface area contributed by atoms with Crippen molar-refractivity contribution in [1.29, 1.82) is 0 Å². The van der Waals surface area contributed by atoms with Crippen LogP contribution in [-0.2, 0) is 14.6 Å². The Morgan fingerprint density at radius 1 is 1.05 bits per heavy atom. The van der Waals surface area contributed by atoms with Crippen molar-refractivity contribution in [1.82, 2.24) is 14.9 Å². The number of ether oxygens (including phenoxy) is 1. The minimum atomic E-state index is -3.53. The number of likely N-dealkylation sites (N-methyl/N-ethyl adjacent to an activating group) is 1. The first-order valence-corrected chi connectivity index (χ1v) is 14.3. The number of anilines is 5. The zero-order valence-electron chi connectivity index (χ0n) is 21.8. The van der Waals surface area contributed by atoms with Gasteiger partial charge in [-0.05, 0) is 69.7 Å². The number of methoxy groups -OCH3 is 1. The lowest BCUT2D eigenvalue weighted by molar-refractivity contribution is -0.116. The number of hydrogen-bond acceptors (Lipinski definition) is 10. The van der Waals surface area contributed by atoms with E-state index in [1.54, 1.807) is 68.3 Å². The topological polar surface area (TPSA) is 126 Å². The normalized spacial score (nSPS) is 11.7. The molecule has 2 aromatic carbocycles.